The number of thiol groups is 1. The van der Waals surface area contributed by atoms with Crippen LogP contribution in [0.1, 0.15) is 16.7 Å². The molecule has 0 radical (unpaired) electrons. The Morgan fingerprint density at radius 3 is 2.42 bits per heavy atom. The molecule has 2 rings (SSSR count). The smallest absolute Gasteiger partial charge is 0.212 e. The molecule has 5 heteroatoms. The lowest BCUT2D eigenvalue weighted by atomic mass is 10.0. The molecule has 100 valence electrons. The number of aryl methyl sites for hydroxylation is 1. The summed E-state index contributed by atoms with van der Waals surface area (Å²) in [7, 11) is -3.48. The minimum atomic E-state index is -3.48. The number of rotatable bonds is 3. The van der Waals surface area contributed by atoms with Crippen LogP contribution >= 0.6 is 23.3 Å². The molecule has 2 aromatic rings. The van der Waals surface area contributed by atoms with Crippen LogP contribution in [0.4, 0.5) is 0 Å². The van der Waals surface area contributed by atoms with Crippen LogP contribution in [0.15, 0.2) is 47.4 Å². The maximum absolute atomic E-state index is 11.5. The van der Waals surface area contributed by atoms with Gasteiger partial charge in [-0.2, -0.15) is 0 Å². The summed E-state index contributed by atoms with van der Waals surface area (Å²) in [5.74, 6) is 0. The van der Waals surface area contributed by atoms with Crippen molar-refractivity contribution in [3.8, 4) is 0 Å². The fourth-order valence-electron chi connectivity index (χ4n) is 1.85. The van der Waals surface area contributed by atoms with Gasteiger partial charge in [-0.3, -0.25) is 0 Å². The van der Waals surface area contributed by atoms with Gasteiger partial charge in [0, 0.05) is 5.02 Å². The van der Waals surface area contributed by atoms with Crippen molar-refractivity contribution in [2.75, 3.05) is 0 Å². The van der Waals surface area contributed by atoms with Crippen LogP contribution < -0.4 is 0 Å². The second-order valence-corrected chi connectivity index (χ2v) is 7.60. The molecule has 0 saturated carbocycles. The summed E-state index contributed by atoms with van der Waals surface area (Å²) >= 11 is 9.74. The molecule has 2 aromatic carbocycles. The van der Waals surface area contributed by atoms with Crippen molar-refractivity contribution in [3.63, 3.8) is 0 Å². The predicted octanol–water partition coefficient (Wildman–Crippen LogP) is 3.86. The zero-order valence-corrected chi connectivity index (χ0v) is 12.8. The predicted molar refractivity (Wildman–Crippen MR) is 81.6 cm³/mol. The second kappa shape index (κ2) is 5.57. The van der Waals surface area contributed by atoms with Crippen LogP contribution in [0, 0.1) is 6.92 Å². The van der Waals surface area contributed by atoms with Crippen molar-refractivity contribution < 1.29 is 8.42 Å². The van der Waals surface area contributed by atoms with Crippen molar-refractivity contribution in [2.45, 2.75) is 18.2 Å². The average Bonchev–Trinajstić information content (AvgIpc) is 2.33. The van der Waals surface area contributed by atoms with E-state index in [0.29, 0.717) is 11.4 Å². The molecule has 0 unspecified atom stereocenters. The number of hydrogen-bond donors (Lipinski definition) is 1. The van der Waals surface area contributed by atoms with Gasteiger partial charge in [-0.25, -0.2) is 8.42 Å². The van der Waals surface area contributed by atoms with Crippen molar-refractivity contribution in [1.29, 1.82) is 0 Å². The second-order valence-electron chi connectivity index (χ2n) is 4.33. The van der Waals surface area contributed by atoms with Gasteiger partial charge in [0.1, 0.15) is 0 Å². The molecular weight excluding hydrogens is 300 g/mol. The van der Waals surface area contributed by atoms with E-state index in [1.165, 1.54) is 0 Å². The molecule has 0 aromatic heterocycles. The van der Waals surface area contributed by atoms with E-state index < -0.39 is 8.87 Å². The van der Waals surface area contributed by atoms with E-state index in [0.717, 1.165) is 16.7 Å². The Hall–Kier alpha value is -0.970. The molecule has 0 aliphatic rings. The van der Waals surface area contributed by atoms with Gasteiger partial charge in [-0.15, -0.1) is 0 Å². The summed E-state index contributed by atoms with van der Waals surface area (Å²) in [5, 5.41) is 0.682. The molecular formula is C14H13ClO2S2. The van der Waals surface area contributed by atoms with E-state index in [-0.39, 0.29) is 4.90 Å². The largest absolute Gasteiger partial charge is 0.227 e. The van der Waals surface area contributed by atoms with Gasteiger partial charge in [0.2, 0.25) is 8.87 Å². The summed E-state index contributed by atoms with van der Waals surface area (Å²) < 4.78 is 22.9. The highest BCUT2D eigenvalue weighted by Crippen LogP contribution is 2.24. The summed E-state index contributed by atoms with van der Waals surface area (Å²) in [6.07, 6.45) is 0.600. The Labute approximate surface area is 123 Å². The normalized spacial score (nSPS) is 11.5. The molecule has 0 saturated heterocycles. The Bertz CT molecular complexity index is 709. The lowest BCUT2D eigenvalue weighted by Gasteiger charge is -2.09. The molecule has 0 amide bonds. The summed E-state index contributed by atoms with van der Waals surface area (Å²) in [6.45, 7) is 1.95. The molecule has 19 heavy (non-hydrogen) atoms. The van der Waals surface area contributed by atoms with E-state index in [9.17, 15) is 8.42 Å². The van der Waals surface area contributed by atoms with Gasteiger partial charge in [0.25, 0.3) is 0 Å². The van der Waals surface area contributed by atoms with Crippen molar-refractivity contribution in [2.24, 2.45) is 0 Å². The van der Waals surface area contributed by atoms with Crippen LogP contribution in [0.5, 0.6) is 0 Å². The van der Waals surface area contributed by atoms with Gasteiger partial charge >= 0.3 is 0 Å². The Kier molecular flexibility index (Phi) is 4.23. The van der Waals surface area contributed by atoms with Crippen LogP contribution in [-0.4, -0.2) is 8.42 Å². The first kappa shape index (κ1) is 14.4. The first-order chi connectivity index (χ1) is 8.88. The average molecular weight is 313 g/mol. The van der Waals surface area contributed by atoms with E-state index in [2.05, 4.69) is 11.7 Å². The van der Waals surface area contributed by atoms with Crippen LogP contribution in [0.25, 0.3) is 0 Å². The molecule has 0 heterocycles. The van der Waals surface area contributed by atoms with Crippen molar-refractivity contribution in [3.05, 3.63) is 64.2 Å². The van der Waals surface area contributed by atoms with E-state index in [1.807, 2.05) is 31.2 Å². The maximum atomic E-state index is 11.5. The minimum absolute atomic E-state index is 0.212. The highest BCUT2D eigenvalue weighted by atomic mass is 35.5. The summed E-state index contributed by atoms with van der Waals surface area (Å²) in [5.41, 5.74) is 2.94. The summed E-state index contributed by atoms with van der Waals surface area (Å²) in [4.78, 5) is 0.212. The first-order valence-corrected chi connectivity index (χ1v) is 8.59. The van der Waals surface area contributed by atoms with Gasteiger partial charge in [-0.05, 0) is 59.9 Å². The first-order valence-electron chi connectivity index (χ1n) is 5.68. The quantitative estimate of drug-likeness (QED) is 0.690. The zero-order valence-electron chi connectivity index (χ0n) is 10.3. The molecule has 0 N–H and O–H groups in total. The molecule has 0 bridgehead atoms. The van der Waals surface area contributed by atoms with Gasteiger partial charge in [0.15, 0.2) is 0 Å². The van der Waals surface area contributed by atoms with Crippen LogP contribution in [0.2, 0.25) is 5.02 Å². The van der Waals surface area contributed by atoms with E-state index in [1.54, 1.807) is 18.2 Å². The highest BCUT2D eigenvalue weighted by Gasteiger charge is 2.11. The zero-order chi connectivity index (χ0) is 14.0. The van der Waals surface area contributed by atoms with Crippen molar-refractivity contribution >= 4 is 32.1 Å². The van der Waals surface area contributed by atoms with Crippen LogP contribution in [0.3, 0.4) is 0 Å². The number of hydrogen-bond acceptors (Lipinski definition) is 2. The lowest BCUT2D eigenvalue weighted by molar-refractivity contribution is 0.610. The fourth-order valence-corrected chi connectivity index (χ4v) is 2.92. The monoisotopic (exact) mass is 312 g/mol. The maximum Gasteiger partial charge on any atom is 0.227 e. The lowest BCUT2D eigenvalue weighted by Crippen LogP contribution is -1.97. The SMILES string of the molecule is Cc1ccc(S(=O)(=O)S)cc1Cc1ccccc1Cl. The molecule has 0 spiro atoms. The molecule has 0 aliphatic carbocycles. The van der Waals surface area contributed by atoms with Crippen molar-refractivity contribution in [1.82, 2.24) is 0 Å². The van der Waals surface area contributed by atoms with Gasteiger partial charge in [-0.1, -0.05) is 35.9 Å². The van der Waals surface area contributed by atoms with Gasteiger partial charge < -0.3 is 0 Å². The van der Waals surface area contributed by atoms with Crippen LogP contribution in [-0.2, 0) is 15.3 Å². The topological polar surface area (TPSA) is 34.1 Å². The number of halogens is 1. The van der Waals surface area contributed by atoms with Gasteiger partial charge in [0.05, 0.1) is 4.90 Å². The number of benzene rings is 2. The third-order valence-electron chi connectivity index (χ3n) is 2.96. The molecule has 0 fully saturated rings. The van der Waals surface area contributed by atoms with E-state index >= 15 is 0 Å². The molecule has 2 nitrogen and oxygen atoms in total. The third-order valence-corrected chi connectivity index (χ3v) is 4.81. The Morgan fingerprint density at radius 1 is 1.11 bits per heavy atom. The fraction of sp³-hybridized carbons (Fsp3) is 0.143. The minimum Gasteiger partial charge on any atom is -0.212 e. The Morgan fingerprint density at radius 2 is 1.79 bits per heavy atom. The highest BCUT2D eigenvalue weighted by molar-refractivity contribution is 8.63. The van der Waals surface area contributed by atoms with E-state index in [4.69, 9.17) is 11.6 Å². The standard InChI is InChI=1S/C14H13ClO2S2/c1-10-6-7-13(19(16,17)18)9-12(10)8-11-4-2-3-5-14(11)15/h2-7,9H,8H2,1H3,(H,16,17,18). The Balaban J connectivity index is 2.43. The third kappa shape index (κ3) is 3.53. The molecule has 0 aliphatic heterocycles. The molecule has 0 atom stereocenters. The summed E-state index contributed by atoms with van der Waals surface area (Å²) in [6, 6.07) is 12.5.